The zero-order valence-corrected chi connectivity index (χ0v) is 7.82. The summed E-state index contributed by atoms with van der Waals surface area (Å²) in [5.74, 6) is -0.367. The molecular formula is C8H14N2O3. The summed E-state index contributed by atoms with van der Waals surface area (Å²) in [5.41, 5.74) is 5.10. The Labute approximate surface area is 76.8 Å². The van der Waals surface area contributed by atoms with Crippen LogP contribution in [0.4, 0.5) is 4.79 Å². The monoisotopic (exact) mass is 186 g/mol. The van der Waals surface area contributed by atoms with Crippen molar-refractivity contribution in [2.75, 3.05) is 20.2 Å². The molecule has 5 nitrogen and oxygen atoms in total. The van der Waals surface area contributed by atoms with Crippen LogP contribution in [0.15, 0.2) is 0 Å². The Hall–Kier alpha value is -1.26. The minimum atomic E-state index is -0.474. The number of likely N-dealkylation sites (tertiary alicyclic amines) is 1. The topological polar surface area (TPSA) is 72.6 Å². The van der Waals surface area contributed by atoms with Crippen LogP contribution in [0, 0.1) is 11.8 Å². The second-order valence-corrected chi connectivity index (χ2v) is 3.35. The zero-order chi connectivity index (χ0) is 10.0. The fourth-order valence-corrected chi connectivity index (χ4v) is 1.60. The lowest BCUT2D eigenvalue weighted by Gasteiger charge is -2.11. The molecule has 0 aliphatic carbocycles. The van der Waals surface area contributed by atoms with Crippen molar-refractivity contribution < 1.29 is 14.3 Å². The highest BCUT2D eigenvalue weighted by molar-refractivity contribution is 5.77. The maximum Gasteiger partial charge on any atom is 0.314 e. The number of nitrogens with two attached hydrogens (primary N) is 1. The first kappa shape index (κ1) is 9.83. The van der Waals surface area contributed by atoms with E-state index in [1.54, 1.807) is 0 Å². The summed E-state index contributed by atoms with van der Waals surface area (Å²) >= 11 is 0. The van der Waals surface area contributed by atoms with Crippen LogP contribution in [-0.4, -0.2) is 37.1 Å². The van der Waals surface area contributed by atoms with Crippen molar-refractivity contribution in [3.8, 4) is 0 Å². The van der Waals surface area contributed by atoms with Crippen LogP contribution < -0.4 is 5.73 Å². The molecule has 1 rings (SSSR count). The standard InChI is InChI=1S/C8H14N2O3/c1-5-3-10(8(9)12)4-6(5)7(11)13-2/h5-6H,3-4H2,1-2H3,(H2,9,12). The van der Waals surface area contributed by atoms with Gasteiger partial charge >= 0.3 is 12.0 Å². The van der Waals surface area contributed by atoms with Crippen molar-refractivity contribution in [3.05, 3.63) is 0 Å². The average molecular weight is 186 g/mol. The van der Waals surface area contributed by atoms with Gasteiger partial charge in [0.25, 0.3) is 0 Å². The van der Waals surface area contributed by atoms with Gasteiger partial charge in [-0.2, -0.15) is 0 Å². The average Bonchev–Trinajstić information content (AvgIpc) is 2.46. The van der Waals surface area contributed by atoms with Crippen molar-refractivity contribution in [2.45, 2.75) is 6.92 Å². The number of carbonyl (C=O) groups is 2. The SMILES string of the molecule is COC(=O)C1CN(C(N)=O)CC1C. The maximum absolute atomic E-state index is 11.2. The Balaban J connectivity index is 2.61. The quantitative estimate of drug-likeness (QED) is 0.577. The normalized spacial score (nSPS) is 27.4. The molecule has 2 N–H and O–H groups in total. The number of nitrogens with zero attached hydrogens (tertiary/aromatic N) is 1. The van der Waals surface area contributed by atoms with Crippen LogP contribution in [0.2, 0.25) is 0 Å². The molecular weight excluding hydrogens is 172 g/mol. The third-order valence-corrected chi connectivity index (χ3v) is 2.43. The van der Waals surface area contributed by atoms with E-state index in [-0.39, 0.29) is 17.8 Å². The van der Waals surface area contributed by atoms with E-state index in [1.165, 1.54) is 12.0 Å². The van der Waals surface area contributed by atoms with Crippen molar-refractivity contribution in [3.63, 3.8) is 0 Å². The highest BCUT2D eigenvalue weighted by Crippen LogP contribution is 2.23. The van der Waals surface area contributed by atoms with E-state index in [9.17, 15) is 9.59 Å². The summed E-state index contributed by atoms with van der Waals surface area (Å²) in [7, 11) is 1.35. The largest absolute Gasteiger partial charge is 0.469 e. The molecule has 0 aromatic heterocycles. The molecule has 0 bridgehead atoms. The Morgan fingerprint density at radius 1 is 1.46 bits per heavy atom. The van der Waals surface area contributed by atoms with Gasteiger partial charge < -0.3 is 15.4 Å². The highest BCUT2D eigenvalue weighted by Gasteiger charge is 2.36. The Kier molecular flexibility index (Phi) is 2.75. The molecule has 0 spiro atoms. The molecule has 1 aliphatic heterocycles. The van der Waals surface area contributed by atoms with Gasteiger partial charge in [0.15, 0.2) is 0 Å². The van der Waals surface area contributed by atoms with Crippen molar-refractivity contribution in [2.24, 2.45) is 17.6 Å². The summed E-state index contributed by atoms with van der Waals surface area (Å²) in [6.07, 6.45) is 0. The maximum atomic E-state index is 11.2. The first-order valence-electron chi connectivity index (χ1n) is 4.18. The summed E-state index contributed by atoms with van der Waals surface area (Å²) < 4.78 is 4.61. The molecule has 5 heteroatoms. The summed E-state index contributed by atoms with van der Waals surface area (Å²) in [4.78, 5) is 23.5. The number of hydrogen-bond acceptors (Lipinski definition) is 3. The van der Waals surface area contributed by atoms with Crippen LogP contribution in [0.1, 0.15) is 6.92 Å². The van der Waals surface area contributed by atoms with Gasteiger partial charge in [0.05, 0.1) is 13.0 Å². The van der Waals surface area contributed by atoms with E-state index < -0.39 is 6.03 Å². The van der Waals surface area contributed by atoms with E-state index in [2.05, 4.69) is 4.74 Å². The van der Waals surface area contributed by atoms with Gasteiger partial charge in [-0.25, -0.2) is 4.79 Å². The van der Waals surface area contributed by atoms with Gasteiger partial charge in [-0.05, 0) is 5.92 Å². The summed E-state index contributed by atoms with van der Waals surface area (Å²) in [6, 6.07) is -0.474. The number of amides is 2. The van der Waals surface area contributed by atoms with E-state index in [0.717, 1.165) is 0 Å². The number of urea groups is 1. The molecule has 0 radical (unpaired) electrons. The number of esters is 1. The van der Waals surface area contributed by atoms with Crippen LogP contribution in [0.25, 0.3) is 0 Å². The smallest absolute Gasteiger partial charge is 0.314 e. The molecule has 1 heterocycles. The second kappa shape index (κ2) is 3.64. The third-order valence-electron chi connectivity index (χ3n) is 2.43. The lowest BCUT2D eigenvalue weighted by Crippen LogP contribution is -2.34. The van der Waals surface area contributed by atoms with Crippen LogP contribution >= 0.6 is 0 Å². The van der Waals surface area contributed by atoms with Gasteiger partial charge in [0.2, 0.25) is 0 Å². The lowest BCUT2D eigenvalue weighted by molar-refractivity contribution is -0.145. The van der Waals surface area contributed by atoms with Gasteiger partial charge in [0, 0.05) is 13.1 Å². The number of rotatable bonds is 1. The number of primary amides is 1. The first-order chi connectivity index (χ1) is 6.06. The van der Waals surface area contributed by atoms with Gasteiger partial charge in [-0.1, -0.05) is 6.92 Å². The predicted molar refractivity (Wildman–Crippen MR) is 45.8 cm³/mol. The van der Waals surface area contributed by atoms with Gasteiger partial charge in [-0.15, -0.1) is 0 Å². The number of hydrogen-bond donors (Lipinski definition) is 1. The van der Waals surface area contributed by atoms with E-state index in [0.29, 0.717) is 13.1 Å². The van der Waals surface area contributed by atoms with Gasteiger partial charge in [0.1, 0.15) is 0 Å². The predicted octanol–water partition coefficient (Wildman–Crippen LogP) is -0.194. The molecule has 0 saturated carbocycles. The van der Waals surface area contributed by atoms with Crippen molar-refractivity contribution in [1.82, 2.24) is 4.90 Å². The third kappa shape index (κ3) is 1.91. The molecule has 2 unspecified atom stereocenters. The van der Waals surface area contributed by atoms with Crippen LogP contribution in [-0.2, 0) is 9.53 Å². The van der Waals surface area contributed by atoms with Crippen LogP contribution in [0.5, 0.6) is 0 Å². The van der Waals surface area contributed by atoms with E-state index in [4.69, 9.17) is 5.73 Å². The second-order valence-electron chi connectivity index (χ2n) is 3.35. The minimum Gasteiger partial charge on any atom is -0.469 e. The molecule has 2 atom stereocenters. The van der Waals surface area contributed by atoms with Gasteiger partial charge in [-0.3, -0.25) is 4.79 Å². The fraction of sp³-hybridized carbons (Fsp3) is 0.750. The van der Waals surface area contributed by atoms with Crippen molar-refractivity contribution in [1.29, 1.82) is 0 Å². The number of methoxy groups -OCH3 is 1. The molecule has 0 aromatic carbocycles. The molecule has 0 aromatic rings. The molecule has 1 fully saturated rings. The fourth-order valence-electron chi connectivity index (χ4n) is 1.60. The molecule has 1 aliphatic rings. The van der Waals surface area contributed by atoms with E-state index in [1.807, 2.05) is 6.92 Å². The molecule has 13 heavy (non-hydrogen) atoms. The molecule has 74 valence electrons. The van der Waals surface area contributed by atoms with E-state index >= 15 is 0 Å². The Bertz CT molecular complexity index is 229. The number of ether oxygens (including phenoxy) is 1. The van der Waals surface area contributed by atoms with Crippen LogP contribution in [0.3, 0.4) is 0 Å². The minimum absolute atomic E-state index is 0.125. The zero-order valence-electron chi connectivity index (χ0n) is 7.82. The molecule has 1 saturated heterocycles. The van der Waals surface area contributed by atoms with Crippen molar-refractivity contribution >= 4 is 12.0 Å². The molecule has 2 amide bonds. The summed E-state index contributed by atoms with van der Waals surface area (Å²) in [5, 5.41) is 0. The Morgan fingerprint density at radius 2 is 2.08 bits per heavy atom. The summed E-state index contributed by atoms with van der Waals surface area (Å²) in [6.45, 7) is 2.82. The lowest BCUT2D eigenvalue weighted by atomic mass is 9.99. The first-order valence-corrected chi connectivity index (χ1v) is 4.18. The highest BCUT2D eigenvalue weighted by atomic mass is 16.5. The number of carbonyl (C=O) groups excluding carboxylic acids is 2. The Morgan fingerprint density at radius 3 is 2.46 bits per heavy atom.